The normalized spacial score (nSPS) is 14.4. The minimum absolute atomic E-state index is 0.0753. The highest BCUT2D eigenvalue weighted by atomic mass is 35.5. The lowest BCUT2D eigenvalue weighted by molar-refractivity contribution is 0.0955. The minimum atomic E-state index is -0.416. The van der Waals surface area contributed by atoms with Gasteiger partial charge in [0.15, 0.2) is 0 Å². The third-order valence-corrected chi connectivity index (χ3v) is 6.39. The van der Waals surface area contributed by atoms with Crippen LogP contribution in [0.4, 0.5) is 0 Å². The van der Waals surface area contributed by atoms with Crippen molar-refractivity contribution in [2.45, 2.75) is 19.3 Å². The Morgan fingerprint density at radius 3 is 2.66 bits per heavy atom. The molecule has 0 aromatic heterocycles. The van der Waals surface area contributed by atoms with E-state index in [1.807, 2.05) is 36.4 Å². The van der Waals surface area contributed by atoms with E-state index in [1.54, 1.807) is 6.21 Å². The van der Waals surface area contributed by atoms with Gasteiger partial charge in [-0.15, -0.1) is 0 Å². The van der Waals surface area contributed by atoms with Gasteiger partial charge < -0.3 is 20.1 Å². The number of rotatable bonds is 10. The van der Waals surface area contributed by atoms with Gasteiger partial charge in [-0.3, -0.25) is 4.79 Å². The molecule has 184 valence electrons. The number of hydrogen-bond acceptors (Lipinski definition) is 6. The average molecular weight is 495 g/mol. The summed E-state index contributed by atoms with van der Waals surface area (Å²) in [6.07, 6.45) is 5.60. The van der Waals surface area contributed by atoms with Crippen molar-refractivity contribution in [3.8, 4) is 11.5 Å². The summed E-state index contributed by atoms with van der Waals surface area (Å²) in [7, 11) is 0. The number of fused-ring (bicyclic) bond motifs is 1. The number of hydrogen-bond donors (Lipinski definition) is 3. The molecule has 0 radical (unpaired) electrons. The molecule has 0 aliphatic carbocycles. The highest BCUT2D eigenvalue weighted by Crippen LogP contribution is 2.28. The van der Waals surface area contributed by atoms with Crippen molar-refractivity contribution in [1.82, 2.24) is 15.6 Å². The molecule has 1 saturated heterocycles. The van der Waals surface area contributed by atoms with E-state index in [0.29, 0.717) is 12.2 Å². The number of benzene rings is 3. The van der Waals surface area contributed by atoms with E-state index >= 15 is 0 Å². The third-order valence-electron chi connectivity index (χ3n) is 6.09. The summed E-state index contributed by atoms with van der Waals surface area (Å²) in [4.78, 5) is 14.8. The molecule has 0 bridgehead atoms. The van der Waals surface area contributed by atoms with Gasteiger partial charge in [0.2, 0.25) is 0 Å². The van der Waals surface area contributed by atoms with Crippen molar-refractivity contribution in [1.29, 1.82) is 0 Å². The summed E-state index contributed by atoms with van der Waals surface area (Å²) < 4.78 is 6.06. The molecule has 0 unspecified atom stereocenters. The van der Waals surface area contributed by atoms with Gasteiger partial charge in [0.05, 0.1) is 11.2 Å². The SMILES string of the molecule is O=C(NN=Cc1ccc(OCCNCCN2CCCCC2)c2ccccc12)c1ccc(O)c(Cl)c1. The van der Waals surface area contributed by atoms with Gasteiger partial charge in [0, 0.05) is 36.1 Å². The van der Waals surface area contributed by atoms with Crippen molar-refractivity contribution in [2.24, 2.45) is 5.10 Å². The van der Waals surface area contributed by atoms with Crippen LogP contribution in [-0.2, 0) is 0 Å². The molecular formula is C27H31ClN4O3. The first kappa shape index (κ1) is 25.0. The van der Waals surface area contributed by atoms with Crippen molar-refractivity contribution in [3.05, 3.63) is 70.7 Å². The van der Waals surface area contributed by atoms with E-state index < -0.39 is 5.91 Å². The van der Waals surface area contributed by atoms with Crippen molar-refractivity contribution in [2.75, 3.05) is 39.3 Å². The largest absolute Gasteiger partial charge is 0.506 e. The lowest BCUT2D eigenvalue weighted by Gasteiger charge is -2.26. The Hall–Kier alpha value is -3.13. The Kier molecular flexibility index (Phi) is 8.95. The van der Waals surface area contributed by atoms with E-state index in [-0.39, 0.29) is 10.8 Å². The number of phenolic OH excluding ortho intramolecular Hbond substituents is 1. The molecule has 35 heavy (non-hydrogen) atoms. The summed E-state index contributed by atoms with van der Waals surface area (Å²) in [5, 5.41) is 19.2. The fourth-order valence-electron chi connectivity index (χ4n) is 4.18. The lowest BCUT2D eigenvalue weighted by Crippen LogP contribution is -2.36. The molecule has 0 atom stereocenters. The number of amides is 1. The maximum atomic E-state index is 12.3. The molecule has 4 rings (SSSR count). The summed E-state index contributed by atoms with van der Waals surface area (Å²) in [5.74, 6) is 0.326. The van der Waals surface area contributed by atoms with E-state index in [4.69, 9.17) is 16.3 Å². The van der Waals surface area contributed by atoms with E-state index in [2.05, 4.69) is 20.7 Å². The van der Waals surface area contributed by atoms with Crippen LogP contribution < -0.4 is 15.5 Å². The molecule has 0 spiro atoms. The number of halogens is 1. The molecule has 8 heteroatoms. The minimum Gasteiger partial charge on any atom is -0.506 e. The maximum absolute atomic E-state index is 12.3. The molecule has 3 N–H and O–H groups in total. The van der Waals surface area contributed by atoms with E-state index in [1.165, 1.54) is 50.6 Å². The summed E-state index contributed by atoms with van der Waals surface area (Å²) in [6, 6.07) is 16.1. The van der Waals surface area contributed by atoms with Gasteiger partial charge in [0.1, 0.15) is 18.1 Å². The summed E-state index contributed by atoms with van der Waals surface area (Å²) in [5.41, 5.74) is 3.66. The topological polar surface area (TPSA) is 86.2 Å². The molecule has 1 fully saturated rings. The van der Waals surface area contributed by atoms with Crippen LogP contribution in [0.2, 0.25) is 5.02 Å². The highest BCUT2D eigenvalue weighted by molar-refractivity contribution is 6.32. The number of ether oxygens (including phenoxy) is 1. The smallest absolute Gasteiger partial charge is 0.271 e. The average Bonchev–Trinajstić information content (AvgIpc) is 2.89. The Bertz CT molecular complexity index is 1180. The van der Waals surface area contributed by atoms with E-state index in [0.717, 1.165) is 41.7 Å². The number of likely N-dealkylation sites (tertiary alicyclic amines) is 1. The van der Waals surface area contributed by atoms with Crippen LogP contribution in [0.25, 0.3) is 10.8 Å². The van der Waals surface area contributed by atoms with Crippen LogP contribution in [0.3, 0.4) is 0 Å². The molecule has 7 nitrogen and oxygen atoms in total. The third kappa shape index (κ3) is 6.94. The highest BCUT2D eigenvalue weighted by Gasteiger charge is 2.10. The van der Waals surface area contributed by atoms with E-state index in [9.17, 15) is 9.90 Å². The first-order chi connectivity index (χ1) is 17.1. The van der Waals surface area contributed by atoms with Crippen molar-refractivity contribution >= 4 is 34.5 Å². The zero-order valence-electron chi connectivity index (χ0n) is 19.7. The van der Waals surface area contributed by atoms with Gasteiger partial charge in [-0.25, -0.2) is 5.43 Å². The molecule has 0 saturated carbocycles. The zero-order chi connectivity index (χ0) is 24.5. The number of nitrogens with one attached hydrogen (secondary N) is 2. The van der Waals surface area contributed by atoms with Crippen molar-refractivity contribution in [3.63, 3.8) is 0 Å². The summed E-state index contributed by atoms with van der Waals surface area (Å²) >= 11 is 5.88. The second-order valence-electron chi connectivity index (χ2n) is 8.56. The van der Waals surface area contributed by atoms with Crippen LogP contribution in [0, 0.1) is 0 Å². The Morgan fingerprint density at radius 1 is 1.06 bits per heavy atom. The quantitative estimate of drug-likeness (QED) is 0.221. The maximum Gasteiger partial charge on any atom is 0.271 e. The molecule has 1 heterocycles. The number of carbonyl (C=O) groups excluding carboxylic acids is 1. The number of hydrazone groups is 1. The predicted octanol–water partition coefficient (Wildman–Crippen LogP) is 4.42. The van der Waals surface area contributed by atoms with Gasteiger partial charge in [-0.05, 0) is 61.6 Å². The lowest BCUT2D eigenvalue weighted by atomic mass is 10.0. The summed E-state index contributed by atoms with van der Waals surface area (Å²) in [6.45, 7) is 5.87. The second kappa shape index (κ2) is 12.5. The standard InChI is InChI=1S/C27H31ClN4O3/c28-24-18-20(8-10-25(24)33)27(34)31-30-19-21-9-11-26(23-7-3-2-6-22(21)23)35-17-13-29-12-16-32-14-4-1-5-15-32/h2-3,6-11,18-19,29,33H,1,4-5,12-17H2,(H,31,34). The molecular weight excluding hydrogens is 464 g/mol. The first-order valence-corrected chi connectivity index (χ1v) is 12.4. The fraction of sp³-hybridized carbons (Fsp3) is 0.333. The Balaban J connectivity index is 1.31. The predicted molar refractivity (Wildman–Crippen MR) is 141 cm³/mol. The molecule has 3 aromatic rings. The van der Waals surface area contributed by atoms with Crippen LogP contribution in [-0.4, -0.2) is 61.5 Å². The monoisotopic (exact) mass is 494 g/mol. The van der Waals surface area contributed by atoms with Gasteiger partial charge in [-0.1, -0.05) is 42.3 Å². The fourth-order valence-corrected chi connectivity index (χ4v) is 4.37. The van der Waals surface area contributed by atoms with Crippen LogP contribution in [0.15, 0.2) is 59.7 Å². The molecule has 1 aliphatic heterocycles. The van der Waals surface area contributed by atoms with Crippen LogP contribution in [0.1, 0.15) is 35.2 Å². The number of phenols is 1. The second-order valence-corrected chi connectivity index (χ2v) is 8.97. The van der Waals surface area contributed by atoms with Crippen molar-refractivity contribution < 1.29 is 14.6 Å². The first-order valence-electron chi connectivity index (χ1n) is 12.0. The number of aromatic hydroxyl groups is 1. The number of carbonyl (C=O) groups is 1. The van der Waals surface area contributed by atoms with Gasteiger partial charge in [-0.2, -0.15) is 5.10 Å². The van der Waals surface area contributed by atoms with Gasteiger partial charge in [0.25, 0.3) is 5.91 Å². The van der Waals surface area contributed by atoms with Crippen LogP contribution >= 0.6 is 11.6 Å². The number of piperidine rings is 1. The molecule has 1 aliphatic rings. The zero-order valence-corrected chi connectivity index (χ0v) is 20.4. The Labute approximate surface area is 210 Å². The molecule has 1 amide bonds. The Morgan fingerprint density at radius 2 is 1.86 bits per heavy atom. The van der Waals surface area contributed by atoms with Gasteiger partial charge >= 0.3 is 0 Å². The van der Waals surface area contributed by atoms with Crippen LogP contribution in [0.5, 0.6) is 11.5 Å². The molecule has 3 aromatic carbocycles. The number of nitrogens with zero attached hydrogens (tertiary/aromatic N) is 2.